The fourth-order valence-electron chi connectivity index (χ4n) is 2.95. The molecule has 0 fully saturated rings. The van der Waals surface area contributed by atoms with Gasteiger partial charge >= 0.3 is 0 Å². The van der Waals surface area contributed by atoms with Crippen LogP contribution in [0.2, 0.25) is 0 Å². The molecule has 32 heavy (non-hydrogen) atoms. The second kappa shape index (κ2) is 9.39. The van der Waals surface area contributed by atoms with Crippen molar-refractivity contribution in [3.8, 4) is 5.75 Å². The van der Waals surface area contributed by atoms with Crippen LogP contribution in [-0.4, -0.2) is 22.5 Å². The molecule has 0 unspecified atom stereocenters. The monoisotopic (exact) mass is 625 g/mol. The minimum absolute atomic E-state index is 0.0433. The minimum Gasteiger partial charge on any atom is -0.491 e. The van der Waals surface area contributed by atoms with Crippen LogP contribution >= 0.6 is 47.8 Å². The first-order chi connectivity index (χ1) is 14.8. The van der Waals surface area contributed by atoms with Gasteiger partial charge in [0.2, 0.25) is 0 Å². The third kappa shape index (κ3) is 5.88. The van der Waals surface area contributed by atoms with Crippen molar-refractivity contribution in [2.45, 2.75) is 47.0 Å². The van der Waals surface area contributed by atoms with Crippen molar-refractivity contribution < 1.29 is 4.74 Å². The molecule has 3 rings (SSSR count). The lowest BCUT2D eigenvalue weighted by atomic mass is 9.95. The maximum absolute atomic E-state index is 13.3. The second-order valence-electron chi connectivity index (χ2n) is 9.87. The molecule has 1 aromatic heterocycles. The summed E-state index contributed by atoms with van der Waals surface area (Å²) in [5.41, 5.74) is 0.930. The van der Waals surface area contributed by atoms with Crippen LogP contribution in [0, 0.1) is 5.41 Å². The lowest BCUT2D eigenvalue weighted by Gasteiger charge is -2.21. The lowest BCUT2D eigenvalue weighted by Crippen LogP contribution is -2.29. The van der Waals surface area contributed by atoms with Crippen molar-refractivity contribution in [1.82, 2.24) is 9.66 Å². The standard InChI is InChI=1S/C24H26Br3N3O2/c1-23(2,3)13-32-20-17(26)9-14(10-18(20)27)12-28-30-21(31)16-11-15(25)7-8-19(16)29-22(30)24(4,5)6/h7-12H,13H2,1-6H3. The summed E-state index contributed by atoms with van der Waals surface area (Å²) in [5, 5.41) is 5.05. The van der Waals surface area contributed by atoms with E-state index in [4.69, 9.17) is 9.72 Å². The summed E-state index contributed by atoms with van der Waals surface area (Å²) in [6, 6.07) is 9.33. The number of ether oxygens (including phenoxy) is 1. The molecule has 2 aromatic carbocycles. The van der Waals surface area contributed by atoms with Crippen LogP contribution in [0.1, 0.15) is 52.9 Å². The van der Waals surface area contributed by atoms with Crippen molar-refractivity contribution in [1.29, 1.82) is 0 Å². The number of hydrogen-bond acceptors (Lipinski definition) is 4. The molecule has 0 radical (unpaired) electrons. The summed E-state index contributed by atoms with van der Waals surface area (Å²) in [5.74, 6) is 1.33. The van der Waals surface area contributed by atoms with Gasteiger partial charge in [-0.25, -0.2) is 4.98 Å². The molecule has 1 heterocycles. The molecule has 8 heteroatoms. The molecule has 0 aliphatic carbocycles. The van der Waals surface area contributed by atoms with Gasteiger partial charge in [0.15, 0.2) is 0 Å². The average molecular weight is 628 g/mol. The third-order valence-corrected chi connectivity index (χ3v) is 6.14. The van der Waals surface area contributed by atoms with Crippen LogP contribution in [0.4, 0.5) is 0 Å². The molecule has 0 bridgehead atoms. The Balaban J connectivity index is 2.06. The van der Waals surface area contributed by atoms with Crippen LogP contribution < -0.4 is 10.3 Å². The Hall–Kier alpha value is -1.51. The average Bonchev–Trinajstić information content (AvgIpc) is 2.65. The van der Waals surface area contributed by atoms with Crippen LogP contribution in [-0.2, 0) is 5.41 Å². The maximum Gasteiger partial charge on any atom is 0.282 e. The van der Waals surface area contributed by atoms with Gasteiger partial charge in [-0.05, 0) is 73.2 Å². The highest BCUT2D eigenvalue weighted by Crippen LogP contribution is 2.35. The predicted octanol–water partition coefficient (Wildman–Crippen LogP) is 7.29. The Labute approximate surface area is 213 Å². The Morgan fingerprint density at radius 1 is 1.03 bits per heavy atom. The van der Waals surface area contributed by atoms with E-state index in [9.17, 15) is 4.79 Å². The molecule has 0 spiro atoms. The topological polar surface area (TPSA) is 56.5 Å². The van der Waals surface area contributed by atoms with E-state index < -0.39 is 0 Å². The zero-order chi connectivity index (χ0) is 23.8. The smallest absolute Gasteiger partial charge is 0.282 e. The molecule has 0 aliphatic rings. The quantitative estimate of drug-likeness (QED) is 0.286. The predicted molar refractivity (Wildman–Crippen MR) is 142 cm³/mol. The molecule has 0 atom stereocenters. The Morgan fingerprint density at radius 3 is 2.22 bits per heavy atom. The largest absolute Gasteiger partial charge is 0.491 e. The molecular formula is C24H26Br3N3O2. The Morgan fingerprint density at radius 2 is 1.66 bits per heavy atom. The molecule has 0 amide bonds. The van der Waals surface area contributed by atoms with Crippen molar-refractivity contribution >= 4 is 64.9 Å². The fraction of sp³-hybridized carbons (Fsp3) is 0.375. The number of aromatic nitrogens is 2. The van der Waals surface area contributed by atoms with Crippen molar-refractivity contribution in [3.63, 3.8) is 0 Å². The number of nitrogens with zero attached hydrogens (tertiary/aromatic N) is 3. The normalized spacial score (nSPS) is 12.7. The van der Waals surface area contributed by atoms with E-state index in [1.165, 1.54) is 4.68 Å². The summed E-state index contributed by atoms with van der Waals surface area (Å²) < 4.78 is 9.81. The van der Waals surface area contributed by atoms with Crippen LogP contribution in [0.15, 0.2) is 53.6 Å². The van der Waals surface area contributed by atoms with Gasteiger partial charge in [0.1, 0.15) is 11.6 Å². The molecule has 0 saturated carbocycles. The van der Waals surface area contributed by atoms with Gasteiger partial charge in [-0.1, -0.05) is 57.5 Å². The van der Waals surface area contributed by atoms with E-state index in [0.29, 0.717) is 23.3 Å². The molecule has 5 nitrogen and oxygen atoms in total. The summed E-state index contributed by atoms with van der Waals surface area (Å²) in [6.45, 7) is 13.0. The zero-order valence-electron chi connectivity index (χ0n) is 19.0. The number of benzene rings is 2. The number of halogens is 3. The number of rotatable bonds is 4. The molecule has 170 valence electrons. The lowest BCUT2D eigenvalue weighted by molar-refractivity contribution is 0.196. The van der Waals surface area contributed by atoms with Crippen molar-refractivity contribution in [2.75, 3.05) is 6.61 Å². The zero-order valence-corrected chi connectivity index (χ0v) is 23.7. The first-order valence-corrected chi connectivity index (χ1v) is 12.5. The highest BCUT2D eigenvalue weighted by atomic mass is 79.9. The third-order valence-electron chi connectivity index (χ3n) is 4.47. The first kappa shape index (κ1) is 25.1. The molecule has 0 N–H and O–H groups in total. The van der Waals surface area contributed by atoms with Crippen molar-refractivity contribution in [2.24, 2.45) is 10.5 Å². The molecule has 0 saturated heterocycles. The van der Waals surface area contributed by atoms with Gasteiger partial charge in [-0.3, -0.25) is 4.79 Å². The van der Waals surface area contributed by atoms with Crippen LogP contribution in [0.5, 0.6) is 5.75 Å². The molecule has 3 aromatic rings. The maximum atomic E-state index is 13.3. The van der Waals surface area contributed by atoms with Crippen LogP contribution in [0.3, 0.4) is 0 Å². The highest BCUT2D eigenvalue weighted by molar-refractivity contribution is 9.11. The molecule has 0 aliphatic heterocycles. The van der Waals surface area contributed by atoms with Gasteiger partial charge in [0.25, 0.3) is 5.56 Å². The second-order valence-corrected chi connectivity index (χ2v) is 12.5. The van der Waals surface area contributed by atoms with E-state index in [0.717, 1.165) is 24.7 Å². The minimum atomic E-state index is -0.371. The van der Waals surface area contributed by atoms with E-state index in [-0.39, 0.29) is 16.4 Å². The van der Waals surface area contributed by atoms with Gasteiger partial charge in [-0.15, -0.1) is 0 Å². The summed E-state index contributed by atoms with van der Waals surface area (Å²) >= 11 is 10.6. The summed E-state index contributed by atoms with van der Waals surface area (Å²) in [6.07, 6.45) is 1.66. The number of fused-ring (bicyclic) bond motifs is 1. The Bertz CT molecular complexity index is 1230. The van der Waals surface area contributed by atoms with E-state index >= 15 is 0 Å². The van der Waals surface area contributed by atoms with Gasteiger partial charge in [0.05, 0.1) is 32.7 Å². The SMILES string of the molecule is CC(C)(C)COc1c(Br)cc(C=Nn2c(C(C)(C)C)nc3ccc(Br)cc3c2=O)cc1Br. The van der Waals surface area contributed by atoms with Gasteiger partial charge in [0, 0.05) is 9.89 Å². The summed E-state index contributed by atoms with van der Waals surface area (Å²) in [4.78, 5) is 18.0. The van der Waals surface area contributed by atoms with E-state index in [2.05, 4.69) is 73.7 Å². The summed E-state index contributed by atoms with van der Waals surface area (Å²) in [7, 11) is 0. The van der Waals surface area contributed by atoms with Gasteiger partial charge < -0.3 is 4.74 Å². The number of hydrogen-bond donors (Lipinski definition) is 0. The highest BCUT2D eigenvalue weighted by Gasteiger charge is 2.23. The van der Waals surface area contributed by atoms with E-state index in [1.54, 1.807) is 12.3 Å². The van der Waals surface area contributed by atoms with Crippen molar-refractivity contribution in [3.05, 3.63) is 65.5 Å². The fourth-order valence-corrected chi connectivity index (χ4v) is 4.76. The first-order valence-electron chi connectivity index (χ1n) is 10.2. The van der Waals surface area contributed by atoms with Crippen LogP contribution in [0.25, 0.3) is 10.9 Å². The van der Waals surface area contributed by atoms with E-state index in [1.807, 2.05) is 45.0 Å². The van der Waals surface area contributed by atoms with Gasteiger partial charge in [-0.2, -0.15) is 9.78 Å². The Kier molecular flexibility index (Phi) is 7.37. The molecular weight excluding hydrogens is 602 g/mol.